The molecule has 1 unspecified atom stereocenters. The van der Waals surface area contributed by atoms with E-state index < -0.39 is 0 Å². The van der Waals surface area contributed by atoms with Crippen molar-refractivity contribution < 1.29 is 4.39 Å². The fraction of sp³-hybridized carbons (Fsp3) is 0.214. The maximum absolute atomic E-state index is 12.9. The number of nitrogens with one attached hydrogen (secondary N) is 1. The molecule has 5 N–H and O–H groups in total. The Morgan fingerprint density at radius 1 is 1.26 bits per heavy atom. The molecule has 0 aliphatic rings. The van der Waals surface area contributed by atoms with E-state index in [-0.39, 0.29) is 11.9 Å². The number of anilines is 1. The Labute approximate surface area is 111 Å². The minimum absolute atomic E-state index is 0.154. The highest BCUT2D eigenvalue weighted by Crippen LogP contribution is 2.25. The van der Waals surface area contributed by atoms with Gasteiger partial charge in [0.2, 0.25) is 0 Å². The van der Waals surface area contributed by atoms with Crippen molar-refractivity contribution in [3.63, 3.8) is 0 Å². The van der Waals surface area contributed by atoms with Crippen molar-refractivity contribution in [1.29, 1.82) is 0 Å². The standard InChI is InChI=1S/C14H17FN4/c1-9-6-7-18-14(16)13(9)12(19-17)8-10-2-4-11(15)5-3-10/h2-7,12,19H,8,17H2,1H3,(H2,16,18). The number of rotatable bonds is 4. The molecule has 0 aliphatic heterocycles. The lowest BCUT2D eigenvalue weighted by Crippen LogP contribution is -2.31. The van der Waals surface area contributed by atoms with Crippen LogP contribution in [0, 0.1) is 12.7 Å². The number of halogens is 1. The molecule has 0 amide bonds. The van der Waals surface area contributed by atoms with Gasteiger partial charge >= 0.3 is 0 Å². The molecule has 0 bridgehead atoms. The van der Waals surface area contributed by atoms with Crippen LogP contribution in [0.1, 0.15) is 22.7 Å². The molecule has 0 saturated heterocycles. The van der Waals surface area contributed by atoms with E-state index in [9.17, 15) is 4.39 Å². The molecule has 2 rings (SSSR count). The van der Waals surface area contributed by atoms with Crippen LogP contribution in [0.2, 0.25) is 0 Å². The first-order valence-corrected chi connectivity index (χ1v) is 6.03. The normalized spacial score (nSPS) is 12.4. The fourth-order valence-electron chi connectivity index (χ4n) is 2.14. The first-order valence-electron chi connectivity index (χ1n) is 6.03. The summed E-state index contributed by atoms with van der Waals surface area (Å²) in [6, 6.07) is 8.08. The lowest BCUT2D eigenvalue weighted by Gasteiger charge is -2.19. The Bertz CT molecular complexity index is 534. The summed E-state index contributed by atoms with van der Waals surface area (Å²) in [6.45, 7) is 1.96. The maximum atomic E-state index is 12.9. The molecule has 0 aliphatic carbocycles. The molecule has 5 heteroatoms. The summed E-state index contributed by atoms with van der Waals surface area (Å²) in [6.07, 6.45) is 2.28. The summed E-state index contributed by atoms with van der Waals surface area (Å²) in [4.78, 5) is 4.09. The zero-order chi connectivity index (χ0) is 13.8. The van der Waals surface area contributed by atoms with Crippen LogP contribution < -0.4 is 17.0 Å². The number of nitrogens with zero attached hydrogens (tertiary/aromatic N) is 1. The molecule has 0 fully saturated rings. The highest BCUT2D eigenvalue weighted by molar-refractivity contribution is 5.46. The van der Waals surface area contributed by atoms with E-state index in [4.69, 9.17) is 11.6 Å². The minimum atomic E-state index is -0.252. The third kappa shape index (κ3) is 3.07. The molecule has 1 aromatic heterocycles. The number of aromatic nitrogens is 1. The smallest absolute Gasteiger partial charge is 0.128 e. The number of hydrogen-bond acceptors (Lipinski definition) is 4. The maximum Gasteiger partial charge on any atom is 0.128 e. The second kappa shape index (κ2) is 5.77. The van der Waals surface area contributed by atoms with Gasteiger partial charge in [0.1, 0.15) is 11.6 Å². The molecule has 0 saturated carbocycles. The van der Waals surface area contributed by atoms with Gasteiger partial charge in [0.25, 0.3) is 0 Å². The van der Waals surface area contributed by atoms with Crippen LogP contribution in [-0.2, 0) is 6.42 Å². The van der Waals surface area contributed by atoms with Crippen molar-refractivity contribution in [2.75, 3.05) is 5.73 Å². The summed E-state index contributed by atoms with van der Waals surface area (Å²) in [5, 5.41) is 0. The SMILES string of the molecule is Cc1ccnc(N)c1C(Cc1ccc(F)cc1)NN. The van der Waals surface area contributed by atoms with Crippen LogP contribution in [0.5, 0.6) is 0 Å². The van der Waals surface area contributed by atoms with Crippen LogP contribution in [-0.4, -0.2) is 4.98 Å². The highest BCUT2D eigenvalue weighted by atomic mass is 19.1. The van der Waals surface area contributed by atoms with E-state index in [1.165, 1.54) is 12.1 Å². The van der Waals surface area contributed by atoms with Crippen molar-refractivity contribution in [1.82, 2.24) is 10.4 Å². The Morgan fingerprint density at radius 2 is 1.95 bits per heavy atom. The summed E-state index contributed by atoms with van der Waals surface area (Å²) in [7, 11) is 0. The van der Waals surface area contributed by atoms with Gasteiger partial charge < -0.3 is 5.73 Å². The van der Waals surface area contributed by atoms with Gasteiger partial charge in [-0.1, -0.05) is 12.1 Å². The summed E-state index contributed by atoms with van der Waals surface area (Å²) in [5.74, 6) is 5.82. The third-order valence-electron chi connectivity index (χ3n) is 3.14. The van der Waals surface area contributed by atoms with Gasteiger partial charge in [-0.15, -0.1) is 0 Å². The van der Waals surface area contributed by atoms with Gasteiger partial charge in [-0.25, -0.2) is 9.37 Å². The molecular weight excluding hydrogens is 243 g/mol. The first-order chi connectivity index (χ1) is 9.11. The van der Waals surface area contributed by atoms with Gasteiger partial charge in [-0.3, -0.25) is 11.3 Å². The van der Waals surface area contributed by atoms with Crippen molar-refractivity contribution in [2.45, 2.75) is 19.4 Å². The molecule has 100 valence electrons. The van der Waals surface area contributed by atoms with E-state index in [1.54, 1.807) is 18.3 Å². The van der Waals surface area contributed by atoms with Crippen LogP contribution in [0.25, 0.3) is 0 Å². The number of hydrogen-bond donors (Lipinski definition) is 3. The molecule has 1 atom stereocenters. The van der Waals surface area contributed by atoms with E-state index in [0.717, 1.165) is 16.7 Å². The van der Waals surface area contributed by atoms with Gasteiger partial charge in [0, 0.05) is 11.8 Å². The largest absolute Gasteiger partial charge is 0.383 e. The van der Waals surface area contributed by atoms with Gasteiger partial charge in [-0.05, 0) is 42.7 Å². The third-order valence-corrected chi connectivity index (χ3v) is 3.14. The zero-order valence-electron chi connectivity index (χ0n) is 10.7. The Morgan fingerprint density at radius 3 is 2.53 bits per heavy atom. The predicted molar refractivity (Wildman–Crippen MR) is 73.6 cm³/mol. The van der Waals surface area contributed by atoms with E-state index in [0.29, 0.717) is 12.2 Å². The number of hydrazine groups is 1. The van der Waals surface area contributed by atoms with Crippen molar-refractivity contribution in [2.24, 2.45) is 5.84 Å². The lowest BCUT2D eigenvalue weighted by molar-refractivity contribution is 0.548. The topological polar surface area (TPSA) is 77.0 Å². The molecular formula is C14H17FN4. The van der Waals surface area contributed by atoms with Crippen LogP contribution in [0.3, 0.4) is 0 Å². The number of aryl methyl sites for hydroxylation is 1. The molecule has 2 aromatic rings. The molecule has 1 aromatic carbocycles. The molecule has 0 radical (unpaired) electrons. The van der Waals surface area contributed by atoms with Crippen LogP contribution >= 0.6 is 0 Å². The first kappa shape index (κ1) is 13.5. The van der Waals surface area contributed by atoms with Crippen LogP contribution in [0.15, 0.2) is 36.5 Å². The zero-order valence-corrected chi connectivity index (χ0v) is 10.7. The second-order valence-corrected chi connectivity index (χ2v) is 4.48. The predicted octanol–water partition coefficient (Wildman–Crippen LogP) is 1.86. The Hall–Kier alpha value is -1.98. The monoisotopic (exact) mass is 260 g/mol. The summed E-state index contributed by atoms with van der Waals surface area (Å²) >= 11 is 0. The Kier molecular flexibility index (Phi) is 4.09. The molecule has 19 heavy (non-hydrogen) atoms. The quantitative estimate of drug-likeness (QED) is 0.579. The number of pyridine rings is 1. The molecule has 1 heterocycles. The second-order valence-electron chi connectivity index (χ2n) is 4.48. The minimum Gasteiger partial charge on any atom is -0.383 e. The van der Waals surface area contributed by atoms with Gasteiger partial charge in [0.15, 0.2) is 0 Å². The summed E-state index contributed by atoms with van der Waals surface area (Å²) < 4.78 is 12.9. The number of benzene rings is 1. The fourth-order valence-corrected chi connectivity index (χ4v) is 2.14. The lowest BCUT2D eigenvalue weighted by atomic mass is 9.96. The molecule has 0 spiro atoms. The molecule has 4 nitrogen and oxygen atoms in total. The highest BCUT2D eigenvalue weighted by Gasteiger charge is 2.16. The average Bonchev–Trinajstić information content (AvgIpc) is 2.39. The van der Waals surface area contributed by atoms with Crippen LogP contribution in [0.4, 0.5) is 10.2 Å². The average molecular weight is 260 g/mol. The number of nitrogens with two attached hydrogens (primary N) is 2. The number of nitrogen functional groups attached to an aromatic ring is 1. The van der Waals surface area contributed by atoms with Crippen molar-refractivity contribution >= 4 is 5.82 Å². The van der Waals surface area contributed by atoms with E-state index >= 15 is 0 Å². The van der Waals surface area contributed by atoms with E-state index in [1.807, 2.05) is 13.0 Å². The van der Waals surface area contributed by atoms with E-state index in [2.05, 4.69) is 10.4 Å². The van der Waals surface area contributed by atoms with Gasteiger partial charge in [0.05, 0.1) is 6.04 Å². The van der Waals surface area contributed by atoms with Crippen molar-refractivity contribution in [3.05, 3.63) is 59.0 Å². The van der Waals surface area contributed by atoms with Crippen molar-refractivity contribution in [3.8, 4) is 0 Å². The van der Waals surface area contributed by atoms with Gasteiger partial charge in [-0.2, -0.15) is 0 Å². The summed E-state index contributed by atoms with van der Waals surface area (Å²) in [5.41, 5.74) is 11.5. The Balaban J connectivity index is 2.27.